The summed E-state index contributed by atoms with van der Waals surface area (Å²) in [5.41, 5.74) is 0.730. The lowest BCUT2D eigenvalue weighted by atomic mass is 9.97. The molecule has 2 rings (SSSR count). The number of rotatable bonds is 3. The van der Waals surface area contributed by atoms with Gasteiger partial charge in [-0.2, -0.15) is 0 Å². The zero-order valence-corrected chi connectivity index (χ0v) is 10.5. The van der Waals surface area contributed by atoms with E-state index in [0.29, 0.717) is 13.2 Å². The van der Waals surface area contributed by atoms with Crippen molar-refractivity contribution in [2.45, 2.75) is 38.7 Å². The highest BCUT2D eigenvalue weighted by molar-refractivity contribution is 5.89. The predicted octanol–water partition coefficient (Wildman–Crippen LogP) is 2.04. The molecule has 1 saturated heterocycles. The molecule has 96 valence electrons. The summed E-state index contributed by atoms with van der Waals surface area (Å²) in [6.07, 6.45) is 4.03. The maximum atomic E-state index is 11.9. The second kappa shape index (κ2) is 5.54. The van der Waals surface area contributed by atoms with Gasteiger partial charge in [0.05, 0.1) is 12.2 Å². The molecule has 0 unspecified atom stereocenters. The third kappa shape index (κ3) is 2.46. The molecule has 0 N–H and O–H groups in total. The van der Waals surface area contributed by atoms with Crippen molar-refractivity contribution in [3.8, 4) is 0 Å². The molecule has 4 heteroatoms. The highest BCUT2D eigenvalue weighted by atomic mass is 16.6. The van der Waals surface area contributed by atoms with Crippen LogP contribution in [0, 0.1) is 5.92 Å². The van der Waals surface area contributed by atoms with Crippen molar-refractivity contribution in [3.05, 3.63) is 11.3 Å². The predicted molar refractivity (Wildman–Crippen MR) is 62.4 cm³/mol. The molecule has 2 aliphatic rings. The van der Waals surface area contributed by atoms with Crippen molar-refractivity contribution in [1.29, 1.82) is 0 Å². The smallest absolute Gasteiger partial charge is 0.337 e. The van der Waals surface area contributed by atoms with Crippen molar-refractivity contribution < 1.29 is 19.0 Å². The summed E-state index contributed by atoms with van der Waals surface area (Å²) in [7, 11) is 1.70. The maximum absolute atomic E-state index is 11.9. The molecule has 17 heavy (non-hydrogen) atoms. The first-order valence-electron chi connectivity index (χ1n) is 6.33. The van der Waals surface area contributed by atoms with Crippen molar-refractivity contribution in [1.82, 2.24) is 0 Å². The summed E-state index contributed by atoms with van der Waals surface area (Å²) < 4.78 is 16.2. The van der Waals surface area contributed by atoms with Gasteiger partial charge in [0.2, 0.25) is 0 Å². The minimum atomic E-state index is -0.217. The number of ether oxygens (including phenoxy) is 3. The molecular formula is C13H20O4. The Bertz CT molecular complexity index is 321. The van der Waals surface area contributed by atoms with E-state index < -0.39 is 0 Å². The Morgan fingerprint density at radius 3 is 3.00 bits per heavy atom. The number of esters is 1. The maximum Gasteiger partial charge on any atom is 0.337 e. The topological polar surface area (TPSA) is 44.8 Å². The van der Waals surface area contributed by atoms with Gasteiger partial charge in [0.1, 0.15) is 18.5 Å². The average molecular weight is 240 g/mol. The largest absolute Gasteiger partial charge is 0.494 e. The summed E-state index contributed by atoms with van der Waals surface area (Å²) >= 11 is 0. The third-order valence-corrected chi connectivity index (χ3v) is 3.50. The van der Waals surface area contributed by atoms with Crippen LogP contribution in [0.15, 0.2) is 11.3 Å². The summed E-state index contributed by atoms with van der Waals surface area (Å²) in [6, 6.07) is 0. The minimum absolute atomic E-state index is 0.0903. The van der Waals surface area contributed by atoms with Crippen LogP contribution < -0.4 is 0 Å². The Hall–Kier alpha value is -1.03. The zero-order valence-electron chi connectivity index (χ0n) is 10.5. The molecule has 1 heterocycles. The fraction of sp³-hybridized carbons (Fsp3) is 0.769. The summed E-state index contributed by atoms with van der Waals surface area (Å²) in [5, 5.41) is 0. The summed E-state index contributed by atoms with van der Waals surface area (Å²) in [4.78, 5) is 11.9. The Kier molecular flexibility index (Phi) is 4.05. The number of carbonyl (C=O) groups is 1. The highest BCUT2D eigenvalue weighted by Gasteiger charge is 2.38. The van der Waals surface area contributed by atoms with Gasteiger partial charge in [0, 0.05) is 13.0 Å². The molecule has 0 bridgehead atoms. The summed E-state index contributed by atoms with van der Waals surface area (Å²) in [5.74, 6) is 0.848. The van der Waals surface area contributed by atoms with E-state index in [1.54, 1.807) is 7.11 Å². The van der Waals surface area contributed by atoms with Gasteiger partial charge in [-0.25, -0.2) is 4.79 Å². The molecule has 0 aromatic rings. The molecule has 1 aliphatic heterocycles. The molecular weight excluding hydrogens is 220 g/mol. The van der Waals surface area contributed by atoms with Gasteiger partial charge >= 0.3 is 5.97 Å². The van der Waals surface area contributed by atoms with E-state index in [0.717, 1.165) is 37.0 Å². The van der Waals surface area contributed by atoms with E-state index in [2.05, 4.69) is 0 Å². The van der Waals surface area contributed by atoms with E-state index in [9.17, 15) is 4.79 Å². The molecule has 0 spiro atoms. The van der Waals surface area contributed by atoms with Crippen LogP contribution in [0.1, 0.15) is 32.6 Å². The second-order valence-corrected chi connectivity index (χ2v) is 4.50. The molecule has 0 amide bonds. The quantitative estimate of drug-likeness (QED) is 0.708. The van der Waals surface area contributed by atoms with Crippen LogP contribution in [-0.4, -0.2) is 32.4 Å². The highest BCUT2D eigenvalue weighted by Crippen LogP contribution is 2.38. The Morgan fingerprint density at radius 2 is 2.29 bits per heavy atom. The van der Waals surface area contributed by atoms with Crippen molar-refractivity contribution in [2.24, 2.45) is 5.92 Å². The number of methoxy groups -OCH3 is 1. The first-order chi connectivity index (χ1) is 8.27. The average Bonchev–Trinajstić information content (AvgIpc) is 2.61. The Labute approximate surface area is 102 Å². The lowest BCUT2D eigenvalue weighted by molar-refractivity contribution is -0.139. The molecule has 1 fully saturated rings. The monoisotopic (exact) mass is 240 g/mol. The number of hydrogen-bond donors (Lipinski definition) is 0. The number of hydrogen-bond acceptors (Lipinski definition) is 4. The van der Waals surface area contributed by atoms with Gasteiger partial charge in [0.15, 0.2) is 0 Å². The van der Waals surface area contributed by atoms with Gasteiger partial charge in [0.25, 0.3) is 0 Å². The summed E-state index contributed by atoms with van der Waals surface area (Å²) in [6.45, 7) is 2.79. The fourth-order valence-corrected chi connectivity index (χ4v) is 2.63. The third-order valence-electron chi connectivity index (χ3n) is 3.50. The fourth-order valence-electron chi connectivity index (χ4n) is 2.63. The van der Waals surface area contributed by atoms with Gasteiger partial charge in [-0.05, 0) is 26.2 Å². The van der Waals surface area contributed by atoms with Gasteiger partial charge < -0.3 is 14.2 Å². The van der Waals surface area contributed by atoms with Crippen LogP contribution in [0.3, 0.4) is 0 Å². The van der Waals surface area contributed by atoms with Gasteiger partial charge in [-0.15, -0.1) is 0 Å². The zero-order chi connectivity index (χ0) is 12.3. The lowest BCUT2D eigenvalue weighted by Gasteiger charge is -2.14. The van der Waals surface area contributed by atoms with Crippen LogP contribution in [0.2, 0.25) is 0 Å². The van der Waals surface area contributed by atoms with Crippen LogP contribution in [-0.2, 0) is 19.0 Å². The van der Waals surface area contributed by atoms with Gasteiger partial charge in [-0.3, -0.25) is 0 Å². The van der Waals surface area contributed by atoms with Crippen molar-refractivity contribution in [3.63, 3.8) is 0 Å². The van der Waals surface area contributed by atoms with Gasteiger partial charge in [-0.1, -0.05) is 6.42 Å². The molecule has 0 aromatic heterocycles. The van der Waals surface area contributed by atoms with E-state index in [-0.39, 0.29) is 18.0 Å². The molecule has 2 atom stereocenters. The van der Waals surface area contributed by atoms with Crippen LogP contribution >= 0.6 is 0 Å². The first-order valence-corrected chi connectivity index (χ1v) is 6.33. The molecule has 1 aliphatic carbocycles. The standard InChI is InChI=1S/C13H20O4/c1-3-16-13(14)10-7-5-4-6-9-11(15-2)8-17-12(9)10/h9,11H,3-8H2,1-2H3/t9-,11-/m1/s1. The second-order valence-electron chi connectivity index (χ2n) is 4.50. The number of carbonyl (C=O) groups excluding carboxylic acids is 1. The lowest BCUT2D eigenvalue weighted by Crippen LogP contribution is -2.20. The molecule has 4 nitrogen and oxygen atoms in total. The van der Waals surface area contributed by atoms with Crippen molar-refractivity contribution >= 4 is 5.97 Å². The van der Waals surface area contributed by atoms with E-state index in [1.807, 2.05) is 6.92 Å². The van der Waals surface area contributed by atoms with Crippen LogP contribution in [0.25, 0.3) is 0 Å². The van der Waals surface area contributed by atoms with E-state index in [1.165, 1.54) is 0 Å². The Balaban J connectivity index is 2.23. The SMILES string of the molecule is CCOC(=O)C1=C2OC[C@@H](OC)[C@H]2CCCC1. The molecule has 0 saturated carbocycles. The molecule has 0 radical (unpaired) electrons. The molecule has 0 aromatic carbocycles. The van der Waals surface area contributed by atoms with E-state index in [4.69, 9.17) is 14.2 Å². The van der Waals surface area contributed by atoms with Crippen molar-refractivity contribution in [2.75, 3.05) is 20.3 Å². The van der Waals surface area contributed by atoms with Crippen LogP contribution in [0.4, 0.5) is 0 Å². The van der Waals surface area contributed by atoms with Crippen LogP contribution in [0.5, 0.6) is 0 Å². The number of fused-ring (bicyclic) bond motifs is 1. The Morgan fingerprint density at radius 1 is 1.47 bits per heavy atom. The van der Waals surface area contributed by atoms with E-state index >= 15 is 0 Å². The minimum Gasteiger partial charge on any atom is -0.494 e. The normalized spacial score (nSPS) is 28.4. The first kappa shape index (κ1) is 12.4.